The van der Waals surface area contributed by atoms with Gasteiger partial charge in [-0.2, -0.15) is 0 Å². The highest BCUT2D eigenvalue weighted by atomic mass is 16.4. The van der Waals surface area contributed by atoms with Crippen LogP contribution in [0.2, 0.25) is 0 Å². The van der Waals surface area contributed by atoms with E-state index in [-0.39, 0.29) is 44.6 Å². The number of aromatic amines is 3. The van der Waals surface area contributed by atoms with Crippen molar-refractivity contribution in [3.63, 3.8) is 0 Å². The summed E-state index contributed by atoms with van der Waals surface area (Å²) in [6.07, 6.45) is 4.19. The van der Waals surface area contributed by atoms with Crippen molar-refractivity contribution < 1.29 is 48.3 Å². The van der Waals surface area contributed by atoms with Gasteiger partial charge in [-0.15, -0.1) is 0 Å². The fraction of sp³-hybridized carbons (Fsp3) is 0.356. The molecule has 0 aliphatic carbocycles. The smallest absolute Gasteiger partial charge is 0.326 e. The number of nitrogens with zero attached hydrogens (tertiary/aromatic N) is 2. The van der Waals surface area contributed by atoms with Gasteiger partial charge in [0.05, 0.1) is 25.2 Å². The summed E-state index contributed by atoms with van der Waals surface area (Å²) in [5, 5.41) is 26.2. The van der Waals surface area contributed by atoms with Crippen molar-refractivity contribution in [3.8, 4) is 0 Å². The van der Waals surface area contributed by atoms with E-state index in [2.05, 4.69) is 56.8 Å². The van der Waals surface area contributed by atoms with Gasteiger partial charge in [-0.1, -0.05) is 36.4 Å². The maximum absolute atomic E-state index is 14.5. The Balaban J connectivity index is 1.39. The molecule has 0 aliphatic heterocycles. The second-order valence-corrected chi connectivity index (χ2v) is 16.7. The predicted octanol–water partition coefficient (Wildman–Crippen LogP) is -3.45. The molecule has 7 atom stereocenters. The number of carboxylic acids is 1. The molecule has 0 fully saturated rings. The number of aliphatic carboxylic acids is 1. The van der Waals surface area contributed by atoms with Gasteiger partial charge in [-0.05, 0) is 43.0 Å². The van der Waals surface area contributed by atoms with Crippen molar-refractivity contribution in [2.75, 3.05) is 6.54 Å². The summed E-state index contributed by atoms with van der Waals surface area (Å²) in [5.74, 6) is -9.07. The number of aliphatic imine (C=N–C) groups is 1. The van der Waals surface area contributed by atoms with Crippen LogP contribution in [0.3, 0.4) is 0 Å². The van der Waals surface area contributed by atoms with E-state index >= 15 is 0 Å². The lowest BCUT2D eigenvalue weighted by Gasteiger charge is -2.27. The van der Waals surface area contributed by atoms with Crippen molar-refractivity contribution in [3.05, 3.63) is 90.3 Å². The van der Waals surface area contributed by atoms with Crippen LogP contribution in [0, 0.1) is 0 Å². The van der Waals surface area contributed by atoms with Crippen molar-refractivity contribution in [2.45, 2.75) is 94.2 Å². The lowest BCUT2D eigenvalue weighted by molar-refractivity contribution is -0.142. The van der Waals surface area contributed by atoms with Crippen LogP contribution in [0.25, 0.3) is 21.8 Å². The number of H-pyrrole nitrogens is 3. The minimum absolute atomic E-state index is 0.0500. The minimum Gasteiger partial charge on any atom is -0.480 e. The highest BCUT2D eigenvalue weighted by Gasteiger charge is 2.35. The standard InChI is InChI=1S/C45H58N16O10/c1-22(38(64)57-31(44(70)71)11-6-12-52-45(49)50)56-40(66)34(15-25-20-51-21-55-25)60-43(69)35(17-37(48)63)61-42(68)33(14-24-19-54-30-10-5-3-8-27(24)30)59-41(67)32(58-39(65)28(46)16-36(47)62)13-23-18-53-29-9-4-2-7-26(23)29/h2-5,7-10,18-22,28,31-35,53-54H,6,11-17,46H2,1H3,(H2,47,62)(H2,48,63)(H,51,55)(H,56,66)(H,57,64)(H,58,65)(H,59,67)(H,60,69)(H,61,68)(H,70,71)(H4,49,50,52)/t22-,28-,31-,32-,33-,34-,35-/m0/s1. The molecule has 26 nitrogen and oxygen atoms in total. The number of hydrogen-bond donors (Lipinski definition) is 15. The summed E-state index contributed by atoms with van der Waals surface area (Å²) in [6.45, 7) is 1.38. The van der Waals surface area contributed by atoms with Crippen molar-refractivity contribution >= 4 is 81.0 Å². The first-order valence-corrected chi connectivity index (χ1v) is 22.3. The summed E-state index contributed by atoms with van der Waals surface area (Å²) in [7, 11) is 0. The monoisotopic (exact) mass is 982 g/mol. The molecule has 5 aromatic rings. The Morgan fingerprint density at radius 1 is 0.606 bits per heavy atom. The average molecular weight is 983 g/mol. The van der Waals surface area contributed by atoms with E-state index in [0.717, 1.165) is 10.9 Å². The van der Waals surface area contributed by atoms with E-state index in [1.54, 1.807) is 54.9 Å². The molecule has 0 saturated carbocycles. The van der Waals surface area contributed by atoms with Crippen LogP contribution < -0.4 is 60.6 Å². The Labute approximate surface area is 404 Å². The number of nitrogens with two attached hydrogens (primary N) is 5. The molecule has 71 heavy (non-hydrogen) atoms. The number of carbonyl (C=O) groups is 9. The zero-order valence-corrected chi connectivity index (χ0v) is 38.5. The van der Waals surface area contributed by atoms with Crippen molar-refractivity contribution in [2.24, 2.45) is 33.7 Å². The lowest BCUT2D eigenvalue weighted by Crippen LogP contribution is -2.60. The summed E-state index contributed by atoms with van der Waals surface area (Å²) in [6, 6.07) is 3.98. The summed E-state index contributed by atoms with van der Waals surface area (Å²) in [5.41, 5.74) is 30.4. The van der Waals surface area contributed by atoms with Crippen molar-refractivity contribution in [1.29, 1.82) is 0 Å². The number of para-hydroxylation sites is 2. The molecule has 5 rings (SSSR count). The molecule has 3 aromatic heterocycles. The number of guanidine groups is 1. The molecule has 3 heterocycles. The second-order valence-electron chi connectivity index (χ2n) is 16.7. The van der Waals surface area contributed by atoms with Crippen molar-refractivity contribution in [1.82, 2.24) is 51.8 Å². The van der Waals surface area contributed by atoms with E-state index in [1.165, 1.54) is 19.4 Å². The molecule has 26 heteroatoms. The fourth-order valence-corrected chi connectivity index (χ4v) is 7.54. The number of nitrogens with one attached hydrogen (secondary N) is 9. The quantitative estimate of drug-likeness (QED) is 0.0138. The van der Waals surface area contributed by atoms with E-state index in [4.69, 9.17) is 28.7 Å². The molecule has 0 aliphatic rings. The summed E-state index contributed by atoms with van der Waals surface area (Å²) in [4.78, 5) is 136. The molecule has 2 aromatic carbocycles. The van der Waals surface area contributed by atoms with Gasteiger partial charge in [-0.3, -0.25) is 43.3 Å². The number of hydrogen-bond acceptors (Lipinski definition) is 12. The first-order chi connectivity index (χ1) is 33.8. The number of carbonyl (C=O) groups excluding carboxylic acids is 8. The number of carboxylic acid groups (broad SMARTS) is 1. The molecule has 0 saturated heterocycles. The van der Waals surface area contributed by atoms with Gasteiger partial charge in [0.15, 0.2) is 5.96 Å². The molecule has 0 bridgehead atoms. The topological polar surface area (TPSA) is 449 Å². The van der Waals surface area contributed by atoms with E-state index in [0.29, 0.717) is 27.7 Å². The van der Waals surface area contributed by atoms with Gasteiger partial charge < -0.3 is 80.6 Å². The maximum Gasteiger partial charge on any atom is 0.326 e. The number of amides is 8. The predicted molar refractivity (Wildman–Crippen MR) is 257 cm³/mol. The average Bonchev–Trinajstić information content (AvgIpc) is 4.09. The molecule has 0 spiro atoms. The van der Waals surface area contributed by atoms with E-state index in [1.807, 2.05) is 6.07 Å². The SMILES string of the molecule is C[C@H](NC(=O)[C@H](Cc1cnc[nH]1)NC(=O)[C@H](CC(N)=O)NC(=O)[C@H](Cc1c[nH]c2ccccc12)NC(=O)[C@H](Cc1c[nH]c2ccccc12)NC(=O)[C@@H](N)CC(N)=O)C(=O)N[C@@H](CCCN=C(N)N)C(=O)O. The molecule has 0 unspecified atom stereocenters. The Bertz CT molecular complexity index is 2750. The van der Waals surface area contributed by atoms with Gasteiger partial charge in [0.25, 0.3) is 0 Å². The normalized spacial score (nSPS) is 14.1. The Morgan fingerprint density at radius 2 is 1.08 bits per heavy atom. The van der Waals surface area contributed by atoms with Crippen LogP contribution >= 0.6 is 0 Å². The van der Waals surface area contributed by atoms with Gasteiger partial charge in [0.2, 0.25) is 47.3 Å². The van der Waals surface area contributed by atoms with Crippen LogP contribution in [0.5, 0.6) is 0 Å². The summed E-state index contributed by atoms with van der Waals surface area (Å²) >= 11 is 0. The Morgan fingerprint density at radius 3 is 1.59 bits per heavy atom. The summed E-state index contributed by atoms with van der Waals surface area (Å²) < 4.78 is 0. The third kappa shape index (κ3) is 15.6. The molecular formula is C45H58N16O10. The van der Waals surface area contributed by atoms with Gasteiger partial charge in [0, 0.05) is 71.9 Å². The first-order valence-electron chi connectivity index (χ1n) is 22.3. The highest BCUT2D eigenvalue weighted by Crippen LogP contribution is 2.21. The zero-order chi connectivity index (χ0) is 51.8. The number of fused-ring (bicyclic) bond motifs is 2. The Kier molecular flexibility index (Phi) is 18.7. The van der Waals surface area contributed by atoms with E-state index < -0.39 is 108 Å². The lowest BCUT2D eigenvalue weighted by atomic mass is 10.0. The third-order valence-electron chi connectivity index (χ3n) is 11.2. The number of rotatable bonds is 27. The maximum atomic E-state index is 14.5. The number of imidazole rings is 1. The fourth-order valence-electron chi connectivity index (χ4n) is 7.54. The van der Waals surface area contributed by atoms with Crippen LogP contribution in [0.15, 0.2) is 78.4 Å². The number of aromatic nitrogens is 4. The number of primary amides is 2. The third-order valence-corrected chi connectivity index (χ3v) is 11.2. The Hall–Kier alpha value is -8.81. The van der Waals surface area contributed by atoms with Crippen LogP contribution in [0.1, 0.15) is 49.4 Å². The molecule has 20 N–H and O–H groups in total. The van der Waals surface area contributed by atoms with Crippen LogP contribution in [0.4, 0.5) is 0 Å². The minimum atomic E-state index is -1.76. The number of benzene rings is 2. The van der Waals surface area contributed by atoms with Gasteiger partial charge >= 0.3 is 5.97 Å². The van der Waals surface area contributed by atoms with Crippen LogP contribution in [-0.2, 0) is 62.4 Å². The first kappa shape index (κ1) is 53.1. The second kappa shape index (κ2) is 25.0. The van der Waals surface area contributed by atoms with Gasteiger partial charge in [-0.25, -0.2) is 9.78 Å². The molecular weight excluding hydrogens is 925 g/mol. The molecule has 378 valence electrons. The molecule has 8 amide bonds. The molecule has 0 radical (unpaired) electrons. The van der Waals surface area contributed by atoms with E-state index in [9.17, 15) is 48.3 Å². The zero-order valence-electron chi connectivity index (χ0n) is 38.5. The highest BCUT2D eigenvalue weighted by molar-refractivity contribution is 5.99. The largest absolute Gasteiger partial charge is 0.480 e. The van der Waals surface area contributed by atoms with Gasteiger partial charge in [0.1, 0.15) is 36.3 Å². The van der Waals surface area contributed by atoms with Crippen LogP contribution in [-0.4, -0.2) is 133 Å².